The van der Waals surface area contributed by atoms with E-state index in [1.807, 2.05) is 13.8 Å². The molecule has 0 atom stereocenters. The van der Waals surface area contributed by atoms with Crippen LogP contribution in [0.1, 0.15) is 16.7 Å². The van der Waals surface area contributed by atoms with E-state index < -0.39 is 0 Å². The first-order chi connectivity index (χ1) is 7.19. The van der Waals surface area contributed by atoms with Crippen molar-refractivity contribution in [3.8, 4) is 5.75 Å². The van der Waals surface area contributed by atoms with Crippen LogP contribution in [-0.2, 0) is 6.42 Å². The zero-order valence-electron chi connectivity index (χ0n) is 9.42. The van der Waals surface area contributed by atoms with E-state index in [0.29, 0.717) is 19.6 Å². The van der Waals surface area contributed by atoms with Crippen LogP contribution in [0.5, 0.6) is 5.75 Å². The fourth-order valence-electron chi connectivity index (χ4n) is 1.70. The Morgan fingerprint density at radius 3 is 2.33 bits per heavy atom. The molecule has 1 aromatic carbocycles. The van der Waals surface area contributed by atoms with Gasteiger partial charge in [-0.15, -0.1) is 0 Å². The van der Waals surface area contributed by atoms with Gasteiger partial charge in [-0.1, -0.05) is 12.1 Å². The molecule has 0 unspecified atom stereocenters. The van der Waals surface area contributed by atoms with Crippen molar-refractivity contribution in [1.82, 2.24) is 0 Å². The molecule has 0 aliphatic carbocycles. The van der Waals surface area contributed by atoms with Crippen molar-refractivity contribution in [1.29, 1.82) is 0 Å². The minimum absolute atomic E-state index is 0.182. The molecule has 1 rings (SSSR count). The number of nitrogens with two attached hydrogens (primary N) is 1. The average molecular weight is 209 g/mol. The van der Waals surface area contributed by atoms with Gasteiger partial charge in [-0.3, -0.25) is 0 Å². The van der Waals surface area contributed by atoms with Crippen molar-refractivity contribution in [3.63, 3.8) is 0 Å². The molecule has 3 nitrogen and oxygen atoms in total. The van der Waals surface area contributed by atoms with Gasteiger partial charge in [0.1, 0.15) is 12.4 Å². The molecular weight excluding hydrogens is 190 g/mol. The summed E-state index contributed by atoms with van der Waals surface area (Å²) in [7, 11) is 0. The van der Waals surface area contributed by atoms with E-state index in [0.717, 1.165) is 22.4 Å². The van der Waals surface area contributed by atoms with E-state index in [1.54, 1.807) is 0 Å². The zero-order valence-corrected chi connectivity index (χ0v) is 9.42. The highest BCUT2D eigenvalue weighted by atomic mass is 16.5. The fraction of sp³-hybridized carbons (Fsp3) is 0.500. The van der Waals surface area contributed by atoms with Gasteiger partial charge < -0.3 is 15.6 Å². The summed E-state index contributed by atoms with van der Waals surface area (Å²) >= 11 is 0. The van der Waals surface area contributed by atoms with Crippen molar-refractivity contribution < 1.29 is 9.84 Å². The molecule has 3 N–H and O–H groups in total. The number of aliphatic hydroxyl groups is 1. The van der Waals surface area contributed by atoms with Crippen LogP contribution in [0.3, 0.4) is 0 Å². The summed E-state index contributed by atoms with van der Waals surface area (Å²) in [6.45, 7) is 5.28. The van der Waals surface area contributed by atoms with Gasteiger partial charge in [-0.2, -0.15) is 0 Å². The predicted molar refractivity (Wildman–Crippen MR) is 61.3 cm³/mol. The molecule has 84 valence electrons. The highest BCUT2D eigenvalue weighted by Gasteiger charge is 2.05. The van der Waals surface area contributed by atoms with Crippen LogP contribution in [0, 0.1) is 13.8 Å². The first-order valence-corrected chi connectivity index (χ1v) is 5.23. The molecule has 0 saturated heterocycles. The van der Waals surface area contributed by atoms with Crippen molar-refractivity contribution >= 4 is 0 Å². The van der Waals surface area contributed by atoms with Gasteiger partial charge in [0.15, 0.2) is 0 Å². The Morgan fingerprint density at radius 2 is 1.87 bits per heavy atom. The molecule has 0 aromatic heterocycles. The third-order valence-electron chi connectivity index (χ3n) is 2.28. The molecule has 15 heavy (non-hydrogen) atoms. The molecule has 0 amide bonds. The van der Waals surface area contributed by atoms with Crippen LogP contribution in [0.4, 0.5) is 0 Å². The molecule has 3 heteroatoms. The van der Waals surface area contributed by atoms with Crippen LogP contribution in [0.25, 0.3) is 0 Å². The molecule has 0 radical (unpaired) electrons. The number of ether oxygens (including phenoxy) is 1. The molecule has 0 aliphatic heterocycles. The van der Waals surface area contributed by atoms with Gasteiger partial charge in [0.25, 0.3) is 0 Å². The largest absolute Gasteiger partial charge is 0.492 e. The third-order valence-corrected chi connectivity index (χ3v) is 2.28. The predicted octanol–water partition coefficient (Wildman–Crippen LogP) is 1.18. The standard InChI is InChI=1S/C12H19NO2/c1-9-7-11(3-5-14)8-10(2)12(9)15-6-4-13/h7-8,14H,3-6,13H2,1-2H3. The van der Waals surface area contributed by atoms with E-state index in [1.165, 1.54) is 0 Å². The highest BCUT2D eigenvalue weighted by molar-refractivity contribution is 5.43. The minimum atomic E-state index is 0.182. The van der Waals surface area contributed by atoms with Gasteiger partial charge in [0.05, 0.1) is 0 Å². The number of rotatable bonds is 5. The highest BCUT2D eigenvalue weighted by Crippen LogP contribution is 2.24. The lowest BCUT2D eigenvalue weighted by atomic mass is 10.0. The van der Waals surface area contributed by atoms with Crippen LogP contribution < -0.4 is 10.5 Å². The Kier molecular flexibility index (Phi) is 4.59. The van der Waals surface area contributed by atoms with Gasteiger partial charge in [0, 0.05) is 13.2 Å². The van der Waals surface area contributed by atoms with Gasteiger partial charge in [-0.05, 0) is 37.0 Å². The van der Waals surface area contributed by atoms with Crippen molar-refractivity contribution in [2.24, 2.45) is 5.73 Å². The number of benzene rings is 1. The monoisotopic (exact) mass is 209 g/mol. The maximum absolute atomic E-state index is 8.86. The van der Waals surface area contributed by atoms with E-state index in [2.05, 4.69) is 12.1 Å². The summed E-state index contributed by atoms with van der Waals surface area (Å²) in [6.07, 6.45) is 0.693. The van der Waals surface area contributed by atoms with Crippen molar-refractivity contribution in [3.05, 3.63) is 28.8 Å². The number of hydrogen-bond donors (Lipinski definition) is 2. The van der Waals surface area contributed by atoms with Crippen LogP contribution >= 0.6 is 0 Å². The van der Waals surface area contributed by atoms with E-state index in [4.69, 9.17) is 15.6 Å². The number of aliphatic hydroxyl groups excluding tert-OH is 1. The smallest absolute Gasteiger partial charge is 0.125 e. The SMILES string of the molecule is Cc1cc(CCO)cc(C)c1OCCN. The molecule has 0 saturated carbocycles. The van der Waals surface area contributed by atoms with Crippen molar-refractivity contribution in [2.75, 3.05) is 19.8 Å². The lowest BCUT2D eigenvalue weighted by Gasteiger charge is -2.13. The second-order valence-electron chi connectivity index (χ2n) is 3.67. The van der Waals surface area contributed by atoms with E-state index in [9.17, 15) is 0 Å². The summed E-state index contributed by atoms with van der Waals surface area (Å²) in [5.74, 6) is 0.919. The minimum Gasteiger partial charge on any atom is -0.492 e. The van der Waals surface area contributed by atoms with Crippen LogP contribution in [-0.4, -0.2) is 24.9 Å². The van der Waals surface area contributed by atoms with Crippen LogP contribution in [0.15, 0.2) is 12.1 Å². The molecule has 0 spiro atoms. The quantitative estimate of drug-likeness (QED) is 0.765. The molecular formula is C12H19NO2. The Bertz CT molecular complexity index is 300. The number of aryl methyl sites for hydroxylation is 2. The second-order valence-corrected chi connectivity index (χ2v) is 3.67. The van der Waals surface area contributed by atoms with Crippen molar-refractivity contribution in [2.45, 2.75) is 20.3 Å². The molecule has 0 heterocycles. The molecule has 0 fully saturated rings. The molecule has 0 aliphatic rings. The lowest BCUT2D eigenvalue weighted by Crippen LogP contribution is -2.12. The van der Waals surface area contributed by atoms with Gasteiger partial charge >= 0.3 is 0 Å². The van der Waals surface area contributed by atoms with Gasteiger partial charge in [0.2, 0.25) is 0 Å². The Balaban J connectivity index is 2.88. The topological polar surface area (TPSA) is 55.5 Å². The zero-order chi connectivity index (χ0) is 11.3. The first-order valence-electron chi connectivity index (χ1n) is 5.23. The fourth-order valence-corrected chi connectivity index (χ4v) is 1.70. The third kappa shape index (κ3) is 3.22. The van der Waals surface area contributed by atoms with E-state index in [-0.39, 0.29) is 6.61 Å². The normalized spacial score (nSPS) is 10.4. The average Bonchev–Trinajstić information content (AvgIpc) is 2.17. The first kappa shape index (κ1) is 12.0. The summed E-state index contributed by atoms with van der Waals surface area (Å²) in [6, 6.07) is 4.10. The summed E-state index contributed by atoms with van der Waals surface area (Å²) in [5, 5.41) is 8.86. The Morgan fingerprint density at radius 1 is 1.27 bits per heavy atom. The lowest BCUT2D eigenvalue weighted by molar-refractivity contribution is 0.299. The van der Waals surface area contributed by atoms with Crippen LogP contribution in [0.2, 0.25) is 0 Å². The summed E-state index contributed by atoms with van der Waals surface area (Å²) in [5.41, 5.74) is 8.75. The summed E-state index contributed by atoms with van der Waals surface area (Å²) in [4.78, 5) is 0. The van der Waals surface area contributed by atoms with E-state index >= 15 is 0 Å². The Labute approximate surface area is 90.9 Å². The molecule has 0 bridgehead atoms. The number of hydrogen-bond acceptors (Lipinski definition) is 3. The van der Waals surface area contributed by atoms with Gasteiger partial charge in [-0.25, -0.2) is 0 Å². The molecule has 1 aromatic rings. The maximum Gasteiger partial charge on any atom is 0.125 e. The second kappa shape index (κ2) is 5.73. The Hall–Kier alpha value is -1.06. The summed E-state index contributed by atoms with van der Waals surface area (Å²) < 4.78 is 5.56. The maximum atomic E-state index is 8.86.